The summed E-state index contributed by atoms with van der Waals surface area (Å²) < 4.78 is 0. The van der Waals surface area contributed by atoms with Crippen molar-refractivity contribution in [1.82, 2.24) is 0 Å². The molecule has 1 aromatic rings. The smallest absolute Gasteiger partial charge is 0.337 e. The molecule has 1 aliphatic heterocycles. The van der Waals surface area contributed by atoms with Gasteiger partial charge in [0.05, 0.1) is 10.6 Å². The number of carboxylic acids is 1. The predicted molar refractivity (Wildman–Crippen MR) is 64.4 cm³/mol. The SMILES string of the molecule is CC1CCN(c2ccc(C(=O)O)c(Cl)c2)C1. The highest BCUT2D eigenvalue weighted by atomic mass is 35.5. The number of halogens is 1. The lowest BCUT2D eigenvalue weighted by atomic mass is 10.2. The molecule has 2 rings (SSSR count). The maximum atomic E-state index is 10.8. The summed E-state index contributed by atoms with van der Waals surface area (Å²) in [5.41, 5.74) is 1.18. The van der Waals surface area contributed by atoms with Crippen molar-refractivity contribution >= 4 is 23.3 Å². The number of benzene rings is 1. The molecule has 0 amide bonds. The number of hydrogen-bond donors (Lipinski definition) is 1. The topological polar surface area (TPSA) is 40.5 Å². The first-order valence-corrected chi connectivity index (χ1v) is 5.73. The zero-order chi connectivity index (χ0) is 11.7. The monoisotopic (exact) mass is 239 g/mol. The van der Waals surface area contributed by atoms with Gasteiger partial charge in [-0.2, -0.15) is 0 Å². The van der Waals surface area contributed by atoms with Crippen molar-refractivity contribution < 1.29 is 9.90 Å². The molecule has 1 atom stereocenters. The van der Waals surface area contributed by atoms with Gasteiger partial charge in [0.2, 0.25) is 0 Å². The standard InChI is InChI=1S/C12H14ClNO2/c1-8-4-5-14(7-8)9-2-3-10(12(15)16)11(13)6-9/h2-3,6,8H,4-5,7H2,1H3,(H,15,16). The second-order valence-corrected chi connectivity index (χ2v) is 4.72. The number of aromatic carboxylic acids is 1. The molecule has 0 aliphatic carbocycles. The Bertz CT molecular complexity index is 419. The van der Waals surface area contributed by atoms with Crippen molar-refractivity contribution in [2.24, 2.45) is 5.92 Å². The van der Waals surface area contributed by atoms with E-state index in [4.69, 9.17) is 16.7 Å². The van der Waals surface area contributed by atoms with E-state index in [9.17, 15) is 4.79 Å². The molecule has 0 saturated carbocycles. The number of nitrogens with zero attached hydrogens (tertiary/aromatic N) is 1. The van der Waals surface area contributed by atoms with Crippen LogP contribution in [0.1, 0.15) is 23.7 Å². The number of rotatable bonds is 2. The summed E-state index contributed by atoms with van der Waals surface area (Å²) in [4.78, 5) is 13.0. The molecule has 1 N–H and O–H groups in total. The van der Waals surface area contributed by atoms with Crippen LogP contribution in [0, 0.1) is 5.92 Å². The van der Waals surface area contributed by atoms with Gasteiger partial charge in [-0.1, -0.05) is 18.5 Å². The molecule has 1 aliphatic rings. The van der Waals surface area contributed by atoms with E-state index >= 15 is 0 Å². The van der Waals surface area contributed by atoms with E-state index in [0.717, 1.165) is 18.8 Å². The molecule has 3 nitrogen and oxygen atoms in total. The summed E-state index contributed by atoms with van der Waals surface area (Å²) in [6.45, 7) is 4.25. The van der Waals surface area contributed by atoms with Crippen LogP contribution < -0.4 is 4.90 Å². The molecule has 1 aromatic carbocycles. The average Bonchev–Trinajstić information content (AvgIpc) is 2.64. The second-order valence-electron chi connectivity index (χ2n) is 4.31. The first-order chi connectivity index (χ1) is 7.58. The Balaban J connectivity index is 2.24. The van der Waals surface area contributed by atoms with E-state index in [0.29, 0.717) is 10.9 Å². The molecular weight excluding hydrogens is 226 g/mol. The number of anilines is 1. The Labute approximate surface area is 99.6 Å². The maximum Gasteiger partial charge on any atom is 0.337 e. The van der Waals surface area contributed by atoms with Crippen LogP contribution in [-0.2, 0) is 0 Å². The number of hydrogen-bond acceptors (Lipinski definition) is 2. The molecule has 0 aromatic heterocycles. The summed E-state index contributed by atoms with van der Waals surface area (Å²) in [7, 11) is 0. The first-order valence-electron chi connectivity index (χ1n) is 5.35. The van der Waals surface area contributed by atoms with Crippen molar-refractivity contribution in [3.8, 4) is 0 Å². The van der Waals surface area contributed by atoms with Crippen molar-refractivity contribution in [2.75, 3.05) is 18.0 Å². The number of carboxylic acid groups (broad SMARTS) is 1. The summed E-state index contributed by atoms with van der Waals surface area (Å²) in [6, 6.07) is 5.14. The summed E-state index contributed by atoms with van der Waals surface area (Å²) in [6.07, 6.45) is 1.18. The van der Waals surface area contributed by atoms with E-state index in [1.807, 2.05) is 6.07 Å². The van der Waals surface area contributed by atoms with Gasteiger partial charge >= 0.3 is 5.97 Å². The van der Waals surface area contributed by atoms with Crippen molar-refractivity contribution in [2.45, 2.75) is 13.3 Å². The lowest BCUT2D eigenvalue weighted by Gasteiger charge is -2.18. The molecule has 1 heterocycles. The number of carbonyl (C=O) groups is 1. The van der Waals surface area contributed by atoms with Gasteiger partial charge in [-0.05, 0) is 30.5 Å². The minimum Gasteiger partial charge on any atom is -0.478 e. The van der Waals surface area contributed by atoms with Crippen molar-refractivity contribution in [3.05, 3.63) is 28.8 Å². The Morgan fingerprint density at radius 2 is 2.31 bits per heavy atom. The highest BCUT2D eigenvalue weighted by molar-refractivity contribution is 6.33. The first kappa shape index (κ1) is 11.3. The second kappa shape index (κ2) is 4.34. The van der Waals surface area contributed by atoms with Gasteiger partial charge in [-0.3, -0.25) is 0 Å². The third kappa shape index (κ3) is 2.14. The van der Waals surface area contributed by atoms with Crippen LogP contribution in [0.4, 0.5) is 5.69 Å². The van der Waals surface area contributed by atoms with Crippen molar-refractivity contribution in [3.63, 3.8) is 0 Å². The zero-order valence-electron chi connectivity index (χ0n) is 9.11. The van der Waals surface area contributed by atoms with Gasteiger partial charge < -0.3 is 10.0 Å². The lowest BCUT2D eigenvalue weighted by Crippen LogP contribution is -2.19. The van der Waals surface area contributed by atoms with Gasteiger partial charge in [-0.25, -0.2) is 4.79 Å². The Hall–Kier alpha value is -1.22. The largest absolute Gasteiger partial charge is 0.478 e. The predicted octanol–water partition coefficient (Wildman–Crippen LogP) is 2.88. The normalized spacial score (nSPS) is 20.1. The van der Waals surface area contributed by atoms with E-state index in [1.165, 1.54) is 6.42 Å². The Kier molecular flexibility index (Phi) is 3.06. The van der Waals surface area contributed by atoms with Crippen LogP contribution in [0.3, 0.4) is 0 Å². The van der Waals surface area contributed by atoms with Gasteiger partial charge in [0.1, 0.15) is 0 Å². The van der Waals surface area contributed by atoms with Gasteiger partial charge in [0.25, 0.3) is 0 Å². The van der Waals surface area contributed by atoms with Crippen LogP contribution in [0.2, 0.25) is 5.02 Å². The van der Waals surface area contributed by atoms with E-state index in [1.54, 1.807) is 12.1 Å². The third-order valence-electron chi connectivity index (χ3n) is 2.97. The molecule has 16 heavy (non-hydrogen) atoms. The molecule has 1 unspecified atom stereocenters. The molecular formula is C12H14ClNO2. The Morgan fingerprint density at radius 1 is 1.56 bits per heavy atom. The van der Waals surface area contributed by atoms with Crippen LogP contribution in [0.15, 0.2) is 18.2 Å². The molecule has 1 fully saturated rings. The maximum absolute atomic E-state index is 10.8. The van der Waals surface area contributed by atoms with E-state index < -0.39 is 5.97 Å². The Morgan fingerprint density at radius 3 is 2.81 bits per heavy atom. The minimum absolute atomic E-state index is 0.165. The van der Waals surface area contributed by atoms with Gasteiger partial charge in [0.15, 0.2) is 0 Å². The highest BCUT2D eigenvalue weighted by Crippen LogP contribution is 2.27. The fourth-order valence-electron chi connectivity index (χ4n) is 2.04. The minimum atomic E-state index is -0.980. The molecule has 1 saturated heterocycles. The van der Waals surface area contributed by atoms with Gasteiger partial charge in [0, 0.05) is 18.8 Å². The quantitative estimate of drug-likeness (QED) is 0.863. The van der Waals surface area contributed by atoms with E-state index in [2.05, 4.69) is 11.8 Å². The third-order valence-corrected chi connectivity index (χ3v) is 3.28. The van der Waals surface area contributed by atoms with Crippen LogP contribution >= 0.6 is 11.6 Å². The highest BCUT2D eigenvalue weighted by Gasteiger charge is 2.20. The van der Waals surface area contributed by atoms with Crippen LogP contribution in [-0.4, -0.2) is 24.2 Å². The van der Waals surface area contributed by atoms with Gasteiger partial charge in [-0.15, -0.1) is 0 Å². The van der Waals surface area contributed by atoms with Crippen LogP contribution in [0.5, 0.6) is 0 Å². The molecule has 86 valence electrons. The fourth-order valence-corrected chi connectivity index (χ4v) is 2.30. The molecule has 0 bridgehead atoms. The zero-order valence-corrected chi connectivity index (χ0v) is 9.87. The molecule has 4 heteroatoms. The van der Waals surface area contributed by atoms with Crippen LogP contribution in [0.25, 0.3) is 0 Å². The van der Waals surface area contributed by atoms with E-state index in [-0.39, 0.29) is 5.56 Å². The lowest BCUT2D eigenvalue weighted by molar-refractivity contribution is 0.0697. The average molecular weight is 240 g/mol. The fraction of sp³-hybridized carbons (Fsp3) is 0.417. The summed E-state index contributed by atoms with van der Waals surface area (Å²) in [5, 5.41) is 9.18. The summed E-state index contributed by atoms with van der Waals surface area (Å²) in [5.74, 6) is -0.288. The molecule has 0 spiro atoms. The van der Waals surface area contributed by atoms with Crippen molar-refractivity contribution in [1.29, 1.82) is 0 Å². The molecule has 0 radical (unpaired) electrons. The summed E-state index contributed by atoms with van der Waals surface area (Å²) >= 11 is 5.93.